The predicted octanol–water partition coefficient (Wildman–Crippen LogP) is 3.13. The van der Waals surface area contributed by atoms with E-state index < -0.39 is 0 Å². The number of carbonyl (C=O) groups excluding carboxylic acids is 1. The molecule has 2 aliphatic rings. The van der Waals surface area contributed by atoms with Crippen molar-refractivity contribution in [3.8, 4) is 0 Å². The Morgan fingerprint density at radius 1 is 1.42 bits per heavy atom. The number of aromatic nitrogens is 1. The molecule has 0 bridgehead atoms. The van der Waals surface area contributed by atoms with Gasteiger partial charge in [0.1, 0.15) is 5.60 Å². The Morgan fingerprint density at radius 2 is 2.27 bits per heavy atom. The van der Waals surface area contributed by atoms with Crippen molar-refractivity contribution in [3.63, 3.8) is 0 Å². The first kappa shape index (κ1) is 17.6. The van der Waals surface area contributed by atoms with Crippen LogP contribution in [-0.2, 0) is 28.0 Å². The van der Waals surface area contributed by atoms with E-state index in [-0.39, 0.29) is 11.5 Å². The molecule has 1 aliphatic carbocycles. The minimum Gasteiger partial charge on any atom is -0.368 e. The van der Waals surface area contributed by atoms with Crippen LogP contribution < -0.4 is 5.32 Å². The van der Waals surface area contributed by atoms with E-state index in [1.165, 1.54) is 16.0 Å². The van der Waals surface area contributed by atoms with Crippen LogP contribution in [0.15, 0.2) is 24.3 Å². The van der Waals surface area contributed by atoms with Crippen LogP contribution in [0.2, 0.25) is 0 Å². The normalized spacial score (nSPS) is 22.5. The molecule has 2 heterocycles. The van der Waals surface area contributed by atoms with Crippen LogP contribution in [0, 0.1) is 6.92 Å². The molecule has 1 atom stereocenters. The summed E-state index contributed by atoms with van der Waals surface area (Å²) < 4.78 is 6.23. The molecule has 138 valence electrons. The maximum atomic E-state index is 12.5. The minimum absolute atomic E-state index is 0.00438. The largest absolute Gasteiger partial charge is 0.368 e. The van der Waals surface area contributed by atoms with Gasteiger partial charge in [0.15, 0.2) is 5.13 Å². The monoisotopic (exact) mass is 371 g/mol. The first-order valence-electron chi connectivity index (χ1n) is 9.30. The standard InChI is InChI=1S/C20H25N3O2S/c1-3-17-14(2)26-19(21-17)22-18(24)12-23-10-11-25-20(13-23)9-8-15-6-4-5-7-16(15)20/h4-7H,3,8-13H2,1-2H3,(H,21,22,24)/t20-/m0/s1. The molecule has 1 amide bonds. The zero-order valence-corrected chi connectivity index (χ0v) is 16.2. The fourth-order valence-corrected chi connectivity index (χ4v) is 5.05. The summed E-state index contributed by atoms with van der Waals surface area (Å²) in [5.74, 6) is 0.00438. The van der Waals surface area contributed by atoms with Crippen LogP contribution in [0.3, 0.4) is 0 Å². The van der Waals surface area contributed by atoms with Crippen molar-refractivity contribution in [2.24, 2.45) is 0 Å². The van der Waals surface area contributed by atoms with Gasteiger partial charge >= 0.3 is 0 Å². The van der Waals surface area contributed by atoms with Gasteiger partial charge in [-0.05, 0) is 37.3 Å². The molecule has 0 unspecified atom stereocenters. The van der Waals surface area contributed by atoms with E-state index in [0.717, 1.165) is 38.0 Å². The van der Waals surface area contributed by atoms with E-state index in [1.54, 1.807) is 11.3 Å². The molecule has 1 spiro atoms. The summed E-state index contributed by atoms with van der Waals surface area (Å²) in [6.07, 6.45) is 2.94. The van der Waals surface area contributed by atoms with Crippen molar-refractivity contribution >= 4 is 22.4 Å². The molecule has 6 heteroatoms. The second kappa shape index (κ2) is 7.10. The number of rotatable bonds is 4. The van der Waals surface area contributed by atoms with E-state index in [4.69, 9.17) is 4.74 Å². The molecule has 0 saturated carbocycles. The summed E-state index contributed by atoms with van der Waals surface area (Å²) in [4.78, 5) is 20.4. The third-order valence-corrected chi connectivity index (χ3v) is 6.34. The third kappa shape index (κ3) is 3.29. The number of fused-ring (bicyclic) bond motifs is 2. The third-order valence-electron chi connectivity index (χ3n) is 5.41. The van der Waals surface area contributed by atoms with Crippen LogP contribution in [0.5, 0.6) is 0 Å². The van der Waals surface area contributed by atoms with Gasteiger partial charge in [0.2, 0.25) is 5.91 Å². The van der Waals surface area contributed by atoms with Crippen LogP contribution in [0.4, 0.5) is 5.13 Å². The van der Waals surface area contributed by atoms with Gasteiger partial charge in [0.25, 0.3) is 0 Å². The Morgan fingerprint density at radius 3 is 3.08 bits per heavy atom. The zero-order valence-electron chi connectivity index (χ0n) is 15.4. The van der Waals surface area contributed by atoms with Crippen molar-refractivity contribution in [2.75, 3.05) is 31.6 Å². The van der Waals surface area contributed by atoms with Crippen molar-refractivity contribution in [2.45, 2.75) is 38.7 Å². The molecule has 1 N–H and O–H groups in total. The van der Waals surface area contributed by atoms with E-state index in [9.17, 15) is 4.79 Å². The predicted molar refractivity (Wildman–Crippen MR) is 104 cm³/mol. The molecule has 1 saturated heterocycles. The van der Waals surface area contributed by atoms with Crippen LogP contribution in [-0.4, -0.2) is 42.0 Å². The van der Waals surface area contributed by atoms with E-state index >= 15 is 0 Å². The Balaban J connectivity index is 1.42. The van der Waals surface area contributed by atoms with Crippen molar-refractivity contribution in [1.82, 2.24) is 9.88 Å². The molecular formula is C20H25N3O2S. The zero-order chi connectivity index (χ0) is 18.1. The Kier molecular flexibility index (Phi) is 4.82. The number of benzene rings is 1. The average molecular weight is 372 g/mol. The van der Waals surface area contributed by atoms with Gasteiger partial charge in [-0.25, -0.2) is 4.98 Å². The number of morpholine rings is 1. The number of nitrogens with one attached hydrogen (secondary N) is 1. The summed E-state index contributed by atoms with van der Waals surface area (Å²) in [5.41, 5.74) is 3.50. The quantitative estimate of drug-likeness (QED) is 0.897. The molecule has 1 aromatic heterocycles. The summed E-state index contributed by atoms with van der Waals surface area (Å²) in [5, 5.41) is 3.68. The minimum atomic E-state index is -0.248. The number of nitrogens with zero attached hydrogens (tertiary/aromatic N) is 2. The number of carbonyl (C=O) groups is 1. The number of ether oxygens (including phenoxy) is 1. The number of hydrogen-bond acceptors (Lipinski definition) is 5. The lowest BCUT2D eigenvalue weighted by Crippen LogP contribution is -2.50. The molecule has 2 aromatic rings. The lowest BCUT2D eigenvalue weighted by atomic mass is 9.93. The van der Waals surface area contributed by atoms with E-state index in [1.807, 2.05) is 0 Å². The Bertz CT molecular complexity index is 815. The van der Waals surface area contributed by atoms with Gasteiger partial charge in [-0.2, -0.15) is 0 Å². The fraction of sp³-hybridized carbons (Fsp3) is 0.500. The lowest BCUT2D eigenvalue weighted by Gasteiger charge is -2.40. The molecule has 1 aliphatic heterocycles. The van der Waals surface area contributed by atoms with Gasteiger partial charge < -0.3 is 10.1 Å². The highest BCUT2D eigenvalue weighted by Crippen LogP contribution is 2.42. The summed E-state index contributed by atoms with van der Waals surface area (Å²) in [6, 6.07) is 8.54. The highest BCUT2D eigenvalue weighted by Gasteiger charge is 2.43. The number of thiazole rings is 1. The second-order valence-electron chi connectivity index (χ2n) is 7.13. The number of anilines is 1. The average Bonchev–Trinajstić information content (AvgIpc) is 3.16. The molecule has 4 rings (SSSR count). The maximum absolute atomic E-state index is 12.5. The van der Waals surface area contributed by atoms with E-state index in [0.29, 0.717) is 18.3 Å². The summed E-state index contributed by atoms with van der Waals surface area (Å²) >= 11 is 1.55. The lowest BCUT2D eigenvalue weighted by molar-refractivity contribution is -0.129. The van der Waals surface area contributed by atoms with Crippen LogP contribution in [0.1, 0.15) is 35.0 Å². The molecular weight excluding hydrogens is 346 g/mol. The SMILES string of the molecule is CCc1nc(NC(=O)CN2CCO[C@@]3(CCc4ccccc43)C2)sc1C. The Labute approximate surface area is 158 Å². The van der Waals surface area contributed by atoms with Crippen molar-refractivity contribution in [1.29, 1.82) is 0 Å². The molecule has 26 heavy (non-hydrogen) atoms. The highest BCUT2D eigenvalue weighted by molar-refractivity contribution is 7.15. The number of amides is 1. The number of hydrogen-bond donors (Lipinski definition) is 1. The van der Waals surface area contributed by atoms with Crippen molar-refractivity contribution < 1.29 is 9.53 Å². The highest BCUT2D eigenvalue weighted by atomic mass is 32.1. The summed E-state index contributed by atoms with van der Waals surface area (Å²) in [6.45, 7) is 6.74. The topological polar surface area (TPSA) is 54.5 Å². The smallest absolute Gasteiger partial charge is 0.240 e. The van der Waals surface area contributed by atoms with Gasteiger partial charge in [0, 0.05) is 18.0 Å². The second-order valence-corrected chi connectivity index (χ2v) is 8.34. The van der Waals surface area contributed by atoms with Crippen LogP contribution in [0.25, 0.3) is 0 Å². The maximum Gasteiger partial charge on any atom is 0.240 e. The van der Waals surface area contributed by atoms with Crippen molar-refractivity contribution in [3.05, 3.63) is 46.0 Å². The first-order chi connectivity index (χ1) is 12.6. The first-order valence-corrected chi connectivity index (χ1v) is 10.1. The molecule has 1 fully saturated rings. The van der Waals surface area contributed by atoms with E-state index in [2.05, 4.69) is 53.3 Å². The molecule has 1 aromatic carbocycles. The van der Waals surface area contributed by atoms with Crippen LogP contribution >= 0.6 is 11.3 Å². The van der Waals surface area contributed by atoms with Gasteiger partial charge in [-0.3, -0.25) is 9.69 Å². The van der Waals surface area contributed by atoms with Gasteiger partial charge in [0.05, 0.1) is 18.8 Å². The summed E-state index contributed by atoms with van der Waals surface area (Å²) in [7, 11) is 0. The van der Waals surface area contributed by atoms with Gasteiger partial charge in [-0.15, -0.1) is 11.3 Å². The molecule has 5 nitrogen and oxygen atoms in total. The van der Waals surface area contributed by atoms with Gasteiger partial charge in [-0.1, -0.05) is 31.2 Å². The Hall–Kier alpha value is -1.76. The number of aryl methyl sites for hydroxylation is 3. The fourth-order valence-electron chi connectivity index (χ4n) is 4.13. The molecule has 0 radical (unpaired) electrons.